The first-order chi connectivity index (χ1) is 10.00. The number of benzene rings is 2. The molecule has 0 unspecified atom stereocenters. The SMILES string of the molecule is Cc1ccc2c(c1)C(Br)=CCN2S(=O)(=O)c1ccccc1. The lowest BCUT2D eigenvalue weighted by atomic mass is 10.1. The molecule has 0 atom stereocenters. The Morgan fingerprint density at radius 3 is 2.52 bits per heavy atom. The fraction of sp³-hybridized carbons (Fsp3) is 0.125. The van der Waals surface area contributed by atoms with E-state index in [0.717, 1.165) is 15.6 Å². The molecule has 0 saturated heterocycles. The van der Waals surface area contributed by atoms with E-state index in [1.165, 1.54) is 4.31 Å². The van der Waals surface area contributed by atoms with Crippen LogP contribution in [0.15, 0.2) is 59.5 Å². The van der Waals surface area contributed by atoms with E-state index >= 15 is 0 Å². The quantitative estimate of drug-likeness (QED) is 0.810. The van der Waals surface area contributed by atoms with E-state index in [2.05, 4.69) is 15.9 Å². The second-order valence-electron chi connectivity index (χ2n) is 4.92. The van der Waals surface area contributed by atoms with Crippen LogP contribution in [0.3, 0.4) is 0 Å². The molecular weight excluding hydrogens is 350 g/mol. The second-order valence-corrected chi connectivity index (χ2v) is 7.64. The highest BCUT2D eigenvalue weighted by Gasteiger charge is 2.28. The third-order valence-corrected chi connectivity index (χ3v) is 5.99. The molecule has 3 nitrogen and oxygen atoms in total. The van der Waals surface area contributed by atoms with Crippen LogP contribution in [0, 0.1) is 6.92 Å². The van der Waals surface area contributed by atoms with Crippen LogP contribution in [0.4, 0.5) is 5.69 Å². The fourth-order valence-corrected chi connectivity index (χ4v) is 4.28. The molecule has 108 valence electrons. The first-order valence-electron chi connectivity index (χ1n) is 6.54. The summed E-state index contributed by atoms with van der Waals surface area (Å²) in [6.45, 7) is 2.32. The molecule has 0 fully saturated rings. The predicted molar refractivity (Wildman–Crippen MR) is 89.1 cm³/mol. The number of aryl methyl sites for hydroxylation is 1. The zero-order valence-corrected chi connectivity index (χ0v) is 13.9. The van der Waals surface area contributed by atoms with Gasteiger partial charge < -0.3 is 0 Å². The summed E-state index contributed by atoms with van der Waals surface area (Å²) in [5, 5.41) is 0. The average molecular weight is 364 g/mol. The van der Waals surface area contributed by atoms with Gasteiger partial charge in [-0.05, 0) is 37.3 Å². The van der Waals surface area contributed by atoms with Crippen molar-refractivity contribution < 1.29 is 8.42 Å². The van der Waals surface area contributed by atoms with Crippen molar-refractivity contribution in [2.75, 3.05) is 10.8 Å². The molecule has 0 aliphatic carbocycles. The number of fused-ring (bicyclic) bond motifs is 1. The third kappa shape index (κ3) is 2.51. The molecule has 0 N–H and O–H groups in total. The van der Waals surface area contributed by atoms with Crippen LogP contribution >= 0.6 is 15.9 Å². The molecule has 0 radical (unpaired) electrons. The van der Waals surface area contributed by atoms with Gasteiger partial charge in [-0.3, -0.25) is 4.31 Å². The van der Waals surface area contributed by atoms with Gasteiger partial charge >= 0.3 is 0 Å². The van der Waals surface area contributed by atoms with Crippen LogP contribution in [0.25, 0.3) is 4.48 Å². The minimum atomic E-state index is -3.54. The summed E-state index contributed by atoms with van der Waals surface area (Å²) in [5.41, 5.74) is 2.71. The molecule has 21 heavy (non-hydrogen) atoms. The number of hydrogen-bond acceptors (Lipinski definition) is 2. The summed E-state index contributed by atoms with van der Waals surface area (Å²) in [7, 11) is -3.54. The van der Waals surface area contributed by atoms with E-state index < -0.39 is 10.0 Å². The highest BCUT2D eigenvalue weighted by Crippen LogP contribution is 2.38. The molecule has 0 spiro atoms. The van der Waals surface area contributed by atoms with Gasteiger partial charge in [-0.15, -0.1) is 0 Å². The van der Waals surface area contributed by atoms with Crippen molar-refractivity contribution in [2.45, 2.75) is 11.8 Å². The van der Waals surface area contributed by atoms with Crippen molar-refractivity contribution in [3.8, 4) is 0 Å². The molecular formula is C16H14BrNO2S. The minimum absolute atomic E-state index is 0.308. The standard InChI is InChI=1S/C16H14BrNO2S/c1-12-7-8-16-14(11-12)15(17)9-10-18(16)21(19,20)13-5-3-2-4-6-13/h2-9,11H,10H2,1H3. The van der Waals surface area contributed by atoms with Gasteiger partial charge in [-0.1, -0.05) is 45.8 Å². The maximum atomic E-state index is 12.8. The van der Waals surface area contributed by atoms with Crippen molar-refractivity contribution in [3.05, 3.63) is 65.7 Å². The highest BCUT2D eigenvalue weighted by atomic mass is 79.9. The van der Waals surface area contributed by atoms with Crippen molar-refractivity contribution >= 4 is 36.1 Å². The van der Waals surface area contributed by atoms with Gasteiger partial charge in [0.1, 0.15) is 0 Å². The molecule has 5 heteroatoms. The van der Waals surface area contributed by atoms with E-state index in [1.54, 1.807) is 24.3 Å². The molecule has 1 aliphatic rings. The lowest BCUT2D eigenvalue weighted by Gasteiger charge is -2.29. The summed E-state index contributed by atoms with van der Waals surface area (Å²) in [5.74, 6) is 0. The monoisotopic (exact) mass is 363 g/mol. The Bertz CT molecular complexity index is 813. The molecule has 2 aromatic rings. The summed E-state index contributed by atoms with van der Waals surface area (Å²) < 4.78 is 28.0. The van der Waals surface area contributed by atoms with Gasteiger partial charge in [-0.2, -0.15) is 0 Å². The molecule has 2 aromatic carbocycles. The van der Waals surface area contributed by atoms with Crippen LogP contribution < -0.4 is 4.31 Å². The van der Waals surface area contributed by atoms with Crippen LogP contribution in [0.2, 0.25) is 0 Å². The topological polar surface area (TPSA) is 37.4 Å². The summed E-state index contributed by atoms with van der Waals surface area (Å²) in [6.07, 6.45) is 1.88. The molecule has 0 saturated carbocycles. The van der Waals surface area contributed by atoms with Gasteiger partial charge in [0.15, 0.2) is 0 Å². The number of halogens is 1. The molecule has 1 heterocycles. The number of nitrogens with zero attached hydrogens (tertiary/aromatic N) is 1. The maximum Gasteiger partial charge on any atom is 0.264 e. The Kier molecular flexibility index (Phi) is 3.63. The maximum absolute atomic E-state index is 12.8. The van der Waals surface area contributed by atoms with Crippen molar-refractivity contribution in [3.63, 3.8) is 0 Å². The van der Waals surface area contributed by atoms with E-state index in [1.807, 2.05) is 37.3 Å². The number of hydrogen-bond donors (Lipinski definition) is 0. The lowest BCUT2D eigenvalue weighted by Crippen LogP contribution is -2.33. The molecule has 3 rings (SSSR count). The van der Waals surface area contributed by atoms with E-state index in [-0.39, 0.29) is 0 Å². The van der Waals surface area contributed by atoms with E-state index in [9.17, 15) is 8.42 Å². The zero-order chi connectivity index (χ0) is 15.0. The Morgan fingerprint density at radius 1 is 1.10 bits per heavy atom. The average Bonchev–Trinajstić information content (AvgIpc) is 2.49. The largest absolute Gasteiger partial charge is 0.264 e. The van der Waals surface area contributed by atoms with Gasteiger partial charge in [0.05, 0.1) is 17.1 Å². The number of rotatable bonds is 2. The van der Waals surface area contributed by atoms with Crippen molar-refractivity contribution in [1.82, 2.24) is 0 Å². The van der Waals surface area contributed by atoms with Crippen molar-refractivity contribution in [2.24, 2.45) is 0 Å². The predicted octanol–water partition coefficient (Wildman–Crippen LogP) is 3.94. The van der Waals surface area contributed by atoms with Gasteiger partial charge in [0.25, 0.3) is 10.0 Å². The summed E-state index contributed by atoms with van der Waals surface area (Å²) >= 11 is 3.51. The molecule has 1 aliphatic heterocycles. The van der Waals surface area contributed by atoms with Crippen LogP contribution in [-0.4, -0.2) is 15.0 Å². The smallest absolute Gasteiger partial charge is 0.262 e. The molecule has 0 amide bonds. The van der Waals surface area contributed by atoms with Gasteiger partial charge in [0, 0.05) is 10.0 Å². The highest BCUT2D eigenvalue weighted by molar-refractivity contribution is 9.15. The minimum Gasteiger partial charge on any atom is -0.262 e. The normalized spacial score (nSPS) is 14.6. The molecule has 0 bridgehead atoms. The van der Waals surface area contributed by atoms with Crippen LogP contribution in [0.1, 0.15) is 11.1 Å². The van der Waals surface area contributed by atoms with Gasteiger partial charge in [-0.25, -0.2) is 8.42 Å². The summed E-state index contributed by atoms with van der Waals surface area (Å²) in [6, 6.07) is 14.3. The first-order valence-corrected chi connectivity index (χ1v) is 8.78. The Balaban J connectivity index is 2.14. The Hall–Kier alpha value is -1.59. The number of sulfonamides is 1. The van der Waals surface area contributed by atoms with Crippen molar-refractivity contribution in [1.29, 1.82) is 0 Å². The second kappa shape index (κ2) is 5.31. The summed E-state index contributed by atoms with van der Waals surface area (Å²) in [4.78, 5) is 0.308. The fourth-order valence-electron chi connectivity index (χ4n) is 2.38. The van der Waals surface area contributed by atoms with E-state index in [4.69, 9.17) is 0 Å². The zero-order valence-electron chi connectivity index (χ0n) is 11.5. The third-order valence-electron chi connectivity index (χ3n) is 3.45. The number of anilines is 1. The molecule has 0 aromatic heterocycles. The van der Waals surface area contributed by atoms with Crippen LogP contribution in [-0.2, 0) is 10.0 Å². The van der Waals surface area contributed by atoms with Crippen LogP contribution in [0.5, 0.6) is 0 Å². The Labute approximate surface area is 133 Å². The van der Waals surface area contributed by atoms with Gasteiger partial charge in [0.2, 0.25) is 0 Å². The first kappa shape index (κ1) is 14.4. The lowest BCUT2D eigenvalue weighted by molar-refractivity contribution is 0.592. The van der Waals surface area contributed by atoms with E-state index in [0.29, 0.717) is 17.1 Å². The Morgan fingerprint density at radius 2 is 1.81 bits per heavy atom.